The number of fused-ring (bicyclic) bond motifs is 1. The van der Waals surface area contributed by atoms with Crippen molar-refractivity contribution in [2.45, 2.75) is 33.0 Å². The van der Waals surface area contributed by atoms with Crippen molar-refractivity contribution < 1.29 is 14.6 Å². The van der Waals surface area contributed by atoms with E-state index < -0.39 is 11.6 Å². The predicted molar refractivity (Wildman–Crippen MR) is 112 cm³/mol. The van der Waals surface area contributed by atoms with Crippen LogP contribution in [-0.4, -0.2) is 26.2 Å². The Balaban J connectivity index is 2.09. The number of H-pyrrole nitrogens is 1. The maximum absolute atomic E-state index is 12.9. The number of pyridine rings is 1. The van der Waals surface area contributed by atoms with E-state index in [0.717, 1.165) is 0 Å². The summed E-state index contributed by atoms with van der Waals surface area (Å²) in [4.78, 5) is 28.5. The number of rotatable bonds is 3. The third-order valence-corrected chi connectivity index (χ3v) is 4.52. The summed E-state index contributed by atoms with van der Waals surface area (Å²) in [6, 6.07) is 8.92. The number of nitrogens with one attached hydrogen (secondary N) is 1. The predicted octanol–water partition coefficient (Wildman–Crippen LogP) is 2.53. The van der Waals surface area contributed by atoms with Crippen LogP contribution in [0.1, 0.15) is 46.6 Å². The van der Waals surface area contributed by atoms with Crippen LogP contribution in [0.15, 0.2) is 35.3 Å². The van der Waals surface area contributed by atoms with Gasteiger partial charge in [-0.2, -0.15) is 5.26 Å². The van der Waals surface area contributed by atoms with E-state index in [1.165, 1.54) is 10.8 Å². The van der Waals surface area contributed by atoms with Gasteiger partial charge in [0.2, 0.25) is 0 Å². The number of aliphatic hydroxyl groups is 1. The quantitative estimate of drug-likeness (QED) is 0.516. The lowest BCUT2D eigenvalue weighted by Crippen LogP contribution is -2.18. The highest BCUT2D eigenvalue weighted by molar-refractivity contribution is 6.07. The average Bonchev–Trinajstić information content (AvgIpc) is 3.05. The molecule has 0 saturated carbocycles. The number of nitrogens with zero attached hydrogens (tertiary/aromatic N) is 2. The zero-order valence-electron chi connectivity index (χ0n) is 17.2. The van der Waals surface area contributed by atoms with E-state index in [1.54, 1.807) is 52.1 Å². The topological polar surface area (TPSA) is 108 Å². The zero-order valence-corrected chi connectivity index (χ0v) is 17.2. The third kappa shape index (κ3) is 4.12. The Bertz CT molecular complexity index is 1300. The Hall–Kier alpha value is -3.81. The van der Waals surface area contributed by atoms with Gasteiger partial charge >= 0.3 is 5.97 Å². The van der Waals surface area contributed by atoms with Gasteiger partial charge in [0, 0.05) is 29.9 Å². The number of aromatic nitrogens is 2. The van der Waals surface area contributed by atoms with E-state index in [4.69, 9.17) is 4.74 Å². The van der Waals surface area contributed by atoms with Crippen LogP contribution >= 0.6 is 0 Å². The van der Waals surface area contributed by atoms with Gasteiger partial charge in [-0.15, -0.1) is 0 Å². The normalized spacial score (nSPS) is 10.9. The number of nitriles is 1. The molecule has 0 unspecified atom stereocenters. The van der Waals surface area contributed by atoms with Crippen molar-refractivity contribution in [2.75, 3.05) is 0 Å². The third-order valence-electron chi connectivity index (χ3n) is 4.52. The minimum absolute atomic E-state index is 0.0792. The highest BCUT2D eigenvalue weighted by Gasteiger charge is 2.23. The first-order valence-electron chi connectivity index (χ1n) is 9.25. The Morgan fingerprint density at radius 3 is 2.67 bits per heavy atom. The van der Waals surface area contributed by atoms with Gasteiger partial charge in [0.05, 0.1) is 22.8 Å². The van der Waals surface area contributed by atoms with Crippen molar-refractivity contribution in [3.63, 3.8) is 0 Å². The van der Waals surface area contributed by atoms with Crippen molar-refractivity contribution in [3.8, 4) is 17.9 Å². The molecule has 3 aromatic rings. The van der Waals surface area contributed by atoms with E-state index in [0.29, 0.717) is 27.8 Å². The van der Waals surface area contributed by atoms with Crippen molar-refractivity contribution in [1.29, 1.82) is 5.26 Å². The number of carbonyl (C=O) groups excluding carboxylic acids is 1. The van der Waals surface area contributed by atoms with Crippen LogP contribution in [0.25, 0.3) is 10.9 Å². The van der Waals surface area contributed by atoms with Gasteiger partial charge in [0.1, 0.15) is 17.7 Å². The van der Waals surface area contributed by atoms with E-state index >= 15 is 0 Å². The maximum Gasteiger partial charge on any atom is 0.340 e. The molecule has 152 valence electrons. The summed E-state index contributed by atoms with van der Waals surface area (Å²) in [6.07, 6.45) is 1.53. The minimum atomic E-state index is -1.24. The van der Waals surface area contributed by atoms with E-state index in [-0.39, 0.29) is 23.2 Å². The summed E-state index contributed by atoms with van der Waals surface area (Å²) < 4.78 is 6.82. The summed E-state index contributed by atoms with van der Waals surface area (Å²) in [6.45, 7) is 4.68. The van der Waals surface area contributed by atoms with Gasteiger partial charge in [0.25, 0.3) is 5.56 Å². The molecule has 1 aromatic carbocycles. The van der Waals surface area contributed by atoms with Gasteiger partial charge in [-0.05, 0) is 26.8 Å². The number of benzene rings is 1. The number of hydrogen-bond donors (Lipinski definition) is 2. The van der Waals surface area contributed by atoms with E-state index in [2.05, 4.69) is 22.9 Å². The number of aromatic amines is 1. The lowest BCUT2D eigenvalue weighted by atomic mass is 10.1. The standard InChI is InChI=1S/C23H21N3O4/c1-14-18(22(28)30-13-17-8-6-5-7-15(17)11-24)19-16(9-10-23(2,3)29)12-26(4)21(27)20(19)25-14/h5-8,12,25,29H,13H2,1-4H3. The maximum atomic E-state index is 12.9. The molecule has 0 radical (unpaired) electrons. The lowest BCUT2D eigenvalue weighted by Gasteiger charge is -2.09. The van der Waals surface area contributed by atoms with Crippen LogP contribution in [0.2, 0.25) is 0 Å². The molecule has 2 N–H and O–H groups in total. The Kier molecular flexibility index (Phi) is 5.51. The van der Waals surface area contributed by atoms with Crippen LogP contribution in [0, 0.1) is 30.1 Å². The van der Waals surface area contributed by atoms with E-state index in [1.807, 2.05) is 0 Å². The fourth-order valence-electron chi connectivity index (χ4n) is 3.09. The Morgan fingerprint density at radius 1 is 1.30 bits per heavy atom. The minimum Gasteiger partial charge on any atom is -0.457 e. The van der Waals surface area contributed by atoms with Crippen LogP contribution in [-0.2, 0) is 18.4 Å². The summed E-state index contributed by atoms with van der Waals surface area (Å²) >= 11 is 0. The van der Waals surface area contributed by atoms with Gasteiger partial charge < -0.3 is 19.4 Å². The van der Waals surface area contributed by atoms with Crippen LogP contribution in [0.4, 0.5) is 0 Å². The molecule has 0 spiro atoms. The molecule has 3 rings (SSSR count). The first-order valence-corrected chi connectivity index (χ1v) is 9.25. The highest BCUT2D eigenvalue weighted by atomic mass is 16.5. The second-order valence-corrected chi connectivity index (χ2v) is 7.49. The molecule has 0 atom stereocenters. The summed E-state index contributed by atoms with van der Waals surface area (Å²) in [5.41, 5.74) is 0.792. The van der Waals surface area contributed by atoms with Crippen LogP contribution < -0.4 is 5.56 Å². The van der Waals surface area contributed by atoms with Crippen LogP contribution in [0.5, 0.6) is 0 Å². The van der Waals surface area contributed by atoms with Gasteiger partial charge in [0.15, 0.2) is 0 Å². The molecule has 30 heavy (non-hydrogen) atoms. The molecular formula is C23H21N3O4. The SMILES string of the molecule is Cc1[nH]c2c(=O)n(C)cc(C#CC(C)(C)O)c2c1C(=O)OCc1ccccc1C#N. The van der Waals surface area contributed by atoms with Gasteiger partial charge in [-0.25, -0.2) is 4.79 Å². The number of ether oxygens (including phenoxy) is 1. The molecule has 0 amide bonds. The van der Waals surface area contributed by atoms with Gasteiger partial charge in [-0.3, -0.25) is 4.79 Å². The molecular weight excluding hydrogens is 382 g/mol. The fourth-order valence-corrected chi connectivity index (χ4v) is 3.09. The largest absolute Gasteiger partial charge is 0.457 e. The monoisotopic (exact) mass is 403 g/mol. The number of aryl methyl sites for hydroxylation is 2. The van der Waals surface area contributed by atoms with Crippen molar-refractivity contribution in [2.24, 2.45) is 7.05 Å². The molecule has 0 aliphatic heterocycles. The van der Waals surface area contributed by atoms with E-state index in [9.17, 15) is 20.0 Å². The summed E-state index contributed by atoms with van der Waals surface area (Å²) in [5.74, 6) is 4.95. The highest BCUT2D eigenvalue weighted by Crippen LogP contribution is 2.25. The Labute approximate surface area is 173 Å². The molecule has 0 aliphatic carbocycles. The van der Waals surface area contributed by atoms with Gasteiger partial charge in [-0.1, -0.05) is 30.0 Å². The lowest BCUT2D eigenvalue weighted by molar-refractivity contribution is 0.0474. The molecule has 7 heteroatoms. The summed E-state index contributed by atoms with van der Waals surface area (Å²) in [7, 11) is 1.59. The number of hydrogen-bond acceptors (Lipinski definition) is 5. The Morgan fingerprint density at radius 2 is 2.00 bits per heavy atom. The van der Waals surface area contributed by atoms with Crippen molar-refractivity contribution in [3.05, 3.63) is 68.8 Å². The fraction of sp³-hybridized carbons (Fsp3) is 0.261. The molecule has 2 heterocycles. The first kappa shape index (κ1) is 20.9. The van der Waals surface area contributed by atoms with Crippen molar-refractivity contribution >= 4 is 16.9 Å². The van der Waals surface area contributed by atoms with Crippen LogP contribution in [0.3, 0.4) is 0 Å². The molecule has 0 aliphatic rings. The smallest absolute Gasteiger partial charge is 0.340 e. The molecule has 0 bridgehead atoms. The molecule has 0 saturated heterocycles. The van der Waals surface area contributed by atoms with Crippen molar-refractivity contribution in [1.82, 2.24) is 9.55 Å². The molecule has 7 nitrogen and oxygen atoms in total. The second kappa shape index (κ2) is 7.90. The first-order chi connectivity index (χ1) is 14.1. The number of carbonyl (C=O) groups is 1. The molecule has 0 fully saturated rings. The second-order valence-electron chi connectivity index (χ2n) is 7.49. The average molecular weight is 403 g/mol. The number of esters is 1. The summed E-state index contributed by atoms with van der Waals surface area (Å²) in [5, 5.41) is 19.5. The molecule has 2 aromatic heterocycles. The zero-order chi connectivity index (χ0) is 22.1.